The predicted molar refractivity (Wildman–Crippen MR) is 85.1 cm³/mol. The molecule has 0 bridgehead atoms. The zero-order chi connectivity index (χ0) is 17.4. The molecule has 1 saturated heterocycles. The van der Waals surface area contributed by atoms with Crippen LogP contribution in [0.15, 0.2) is 23.1 Å². The molecule has 2 rings (SSSR count). The highest BCUT2D eigenvalue weighted by Gasteiger charge is 2.32. The molecule has 1 fully saturated rings. The minimum Gasteiger partial charge on any atom is -0.374 e. The minimum atomic E-state index is -3.53. The summed E-state index contributed by atoms with van der Waals surface area (Å²) in [7, 11) is -3.53. The summed E-state index contributed by atoms with van der Waals surface area (Å²) in [4.78, 5) is 24.1. The van der Waals surface area contributed by atoms with E-state index >= 15 is 0 Å². The molecule has 0 radical (unpaired) electrons. The number of anilines is 1. The van der Waals surface area contributed by atoms with E-state index in [-0.39, 0.29) is 40.7 Å². The average Bonchev–Trinajstić information content (AvgIpc) is 2.78. The van der Waals surface area contributed by atoms with Gasteiger partial charge in [-0.1, -0.05) is 0 Å². The van der Waals surface area contributed by atoms with Crippen molar-refractivity contribution in [2.24, 2.45) is 0 Å². The number of hydrogen-bond donors (Lipinski definition) is 1. The van der Waals surface area contributed by atoms with Crippen molar-refractivity contribution in [2.45, 2.75) is 37.2 Å². The Morgan fingerprint density at radius 1 is 1.39 bits per heavy atom. The molecule has 1 aromatic rings. The van der Waals surface area contributed by atoms with Gasteiger partial charge in [0.15, 0.2) is 9.84 Å². The van der Waals surface area contributed by atoms with Crippen LogP contribution in [0.5, 0.6) is 0 Å². The summed E-state index contributed by atoms with van der Waals surface area (Å²) in [6.45, 7) is 4.27. The van der Waals surface area contributed by atoms with Crippen molar-refractivity contribution < 1.29 is 18.1 Å². The van der Waals surface area contributed by atoms with Gasteiger partial charge in [-0.2, -0.15) is 0 Å². The molecule has 126 valence electrons. The Morgan fingerprint density at radius 2 is 2.04 bits per heavy atom. The second-order valence-electron chi connectivity index (χ2n) is 5.89. The Balaban J connectivity index is 2.27. The maximum Gasteiger partial charge on any atom is 0.293 e. The Kier molecular flexibility index (Phi) is 4.60. The van der Waals surface area contributed by atoms with Gasteiger partial charge in [0.1, 0.15) is 5.69 Å². The van der Waals surface area contributed by atoms with Crippen LogP contribution >= 0.6 is 0 Å². The standard InChI is InChI=1S/C14H19N3O5S/c1-9(2)16-8-10(6-14(16)18)15-12-5-4-11(23(3,21)22)7-13(12)17(19)20/h4-5,7,9-10,15H,6,8H2,1-3H3/t10-/m1/s1. The summed E-state index contributed by atoms with van der Waals surface area (Å²) in [5.74, 6) is -0.00657. The van der Waals surface area contributed by atoms with E-state index in [4.69, 9.17) is 0 Å². The smallest absolute Gasteiger partial charge is 0.293 e. The molecular weight excluding hydrogens is 322 g/mol. The molecule has 0 aliphatic carbocycles. The summed E-state index contributed by atoms with van der Waals surface area (Å²) >= 11 is 0. The van der Waals surface area contributed by atoms with Gasteiger partial charge in [-0.15, -0.1) is 0 Å². The van der Waals surface area contributed by atoms with Gasteiger partial charge in [-0.05, 0) is 26.0 Å². The molecule has 1 aromatic carbocycles. The molecule has 8 nitrogen and oxygen atoms in total. The van der Waals surface area contributed by atoms with E-state index in [1.165, 1.54) is 12.1 Å². The second kappa shape index (κ2) is 6.15. The molecular formula is C14H19N3O5S. The van der Waals surface area contributed by atoms with Crippen molar-refractivity contribution >= 4 is 27.1 Å². The van der Waals surface area contributed by atoms with Crippen LogP contribution in [0.25, 0.3) is 0 Å². The lowest BCUT2D eigenvalue weighted by Crippen LogP contribution is -2.33. The monoisotopic (exact) mass is 341 g/mol. The van der Waals surface area contributed by atoms with Crippen LogP contribution in [0.2, 0.25) is 0 Å². The summed E-state index contributed by atoms with van der Waals surface area (Å²) in [6.07, 6.45) is 1.25. The first-order valence-corrected chi connectivity index (χ1v) is 9.03. The predicted octanol–water partition coefficient (Wildman–Crippen LogP) is 1.42. The SMILES string of the molecule is CC(C)N1C[C@H](Nc2ccc(S(C)(=O)=O)cc2[N+](=O)[O-])CC1=O. The molecule has 0 saturated carbocycles. The van der Waals surface area contributed by atoms with Crippen LogP contribution in [0.3, 0.4) is 0 Å². The van der Waals surface area contributed by atoms with Gasteiger partial charge in [0.05, 0.1) is 15.9 Å². The summed E-state index contributed by atoms with van der Waals surface area (Å²) in [6, 6.07) is 3.55. The first kappa shape index (κ1) is 17.2. The lowest BCUT2D eigenvalue weighted by molar-refractivity contribution is -0.384. The minimum absolute atomic E-state index is 0.00657. The van der Waals surface area contributed by atoms with Crippen LogP contribution in [0.4, 0.5) is 11.4 Å². The van der Waals surface area contributed by atoms with Crippen molar-refractivity contribution in [3.05, 3.63) is 28.3 Å². The largest absolute Gasteiger partial charge is 0.374 e. The van der Waals surface area contributed by atoms with Crippen molar-refractivity contribution in [1.82, 2.24) is 4.90 Å². The Bertz CT molecular complexity index is 745. The number of carbonyl (C=O) groups is 1. The van der Waals surface area contributed by atoms with E-state index in [2.05, 4.69) is 5.32 Å². The lowest BCUT2D eigenvalue weighted by Gasteiger charge is -2.21. The number of carbonyl (C=O) groups excluding carboxylic acids is 1. The van der Waals surface area contributed by atoms with Crippen molar-refractivity contribution in [3.63, 3.8) is 0 Å². The quantitative estimate of drug-likeness (QED) is 0.641. The Hall–Kier alpha value is -2.16. The molecule has 9 heteroatoms. The molecule has 0 spiro atoms. The lowest BCUT2D eigenvalue weighted by atomic mass is 10.2. The normalized spacial score (nSPS) is 18.5. The average molecular weight is 341 g/mol. The number of nitro groups is 1. The van der Waals surface area contributed by atoms with Crippen LogP contribution in [0.1, 0.15) is 20.3 Å². The van der Waals surface area contributed by atoms with E-state index in [9.17, 15) is 23.3 Å². The maximum atomic E-state index is 11.9. The van der Waals surface area contributed by atoms with Crippen LogP contribution in [0, 0.1) is 10.1 Å². The Labute approximate surface area is 134 Å². The summed E-state index contributed by atoms with van der Waals surface area (Å²) in [5, 5.41) is 14.2. The number of hydrogen-bond acceptors (Lipinski definition) is 6. The molecule has 1 amide bonds. The highest BCUT2D eigenvalue weighted by molar-refractivity contribution is 7.90. The van der Waals surface area contributed by atoms with Crippen LogP contribution in [-0.4, -0.2) is 49.0 Å². The van der Waals surface area contributed by atoms with Crippen LogP contribution in [-0.2, 0) is 14.6 Å². The van der Waals surface area contributed by atoms with Gasteiger partial charge in [0.25, 0.3) is 5.69 Å². The number of nitro benzene ring substituents is 1. The van der Waals surface area contributed by atoms with Gasteiger partial charge in [-0.3, -0.25) is 14.9 Å². The zero-order valence-electron chi connectivity index (χ0n) is 13.1. The number of rotatable bonds is 5. The first-order chi connectivity index (χ1) is 10.6. The van der Waals surface area contributed by atoms with Gasteiger partial charge in [-0.25, -0.2) is 8.42 Å². The molecule has 0 aromatic heterocycles. The van der Waals surface area contributed by atoms with Gasteiger partial charge < -0.3 is 10.2 Å². The van der Waals surface area contributed by atoms with Crippen molar-refractivity contribution in [3.8, 4) is 0 Å². The van der Waals surface area contributed by atoms with Gasteiger partial charge in [0, 0.05) is 31.3 Å². The molecule has 1 atom stereocenters. The molecule has 23 heavy (non-hydrogen) atoms. The fraction of sp³-hybridized carbons (Fsp3) is 0.500. The molecule has 1 N–H and O–H groups in total. The molecule has 1 aliphatic rings. The van der Waals surface area contributed by atoms with Crippen molar-refractivity contribution in [2.75, 3.05) is 18.1 Å². The summed E-state index contributed by atoms with van der Waals surface area (Å²) < 4.78 is 23.1. The Morgan fingerprint density at radius 3 is 2.52 bits per heavy atom. The maximum absolute atomic E-state index is 11.9. The molecule has 1 aliphatic heterocycles. The fourth-order valence-electron chi connectivity index (χ4n) is 2.56. The van der Waals surface area contributed by atoms with E-state index in [0.29, 0.717) is 6.54 Å². The van der Waals surface area contributed by atoms with Crippen LogP contribution < -0.4 is 5.32 Å². The third kappa shape index (κ3) is 3.79. The number of benzene rings is 1. The van der Waals surface area contributed by atoms with Crippen molar-refractivity contribution in [1.29, 1.82) is 0 Å². The highest BCUT2D eigenvalue weighted by Crippen LogP contribution is 2.29. The number of sulfone groups is 1. The van der Waals surface area contributed by atoms with Gasteiger partial charge >= 0.3 is 0 Å². The fourth-order valence-corrected chi connectivity index (χ4v) is 3.20. The highest BCUT2D eigenvalue weighted by atomic mass is 32.2. The number of nitrogens with one attached hydrogen (secondary N) is 1. The third-order valence-electron chi connectivity index (χ3n) is 3.74. The number of amides is 1. The van der Waals surface area contributed by atoms with Gasteiger partial charge in [0.2, 0.25) is 5.91 Å². The zero-order valence-corrected chi connectivity index (χ0v) is 14.0. The number of likely N-dealkylation sites (tertiary alicyclic amines) is 1. The van der Waals surface area contributed by atoms with E-state index in [0.717, 1.165) is 12.3 Å². The van der Waals surface area contributed by atoms with E-state index in [1.807, 2.05) is 13.8 Å². The third-order valence-corrected chi connectivity index (χ3v) is 4.85. The van der Waals surface area contributed by atoms with E-state index in [1.54, 1.807) is 4.90 Å². The first-order valence-electron chi connectivity index (χ1n) is 7.14. The number of nitrogens with zero attached hydrogens (tertiary/aromatic N) is 2. The second-order valence-corrected chi connectivity index (χ2v) is 7.91. The molecule has 1 heterocycles. The molecule has 0 unspecified atom stereocenters. The topological polar surface area (TPSA) is 110 Å². The van der Waals surface area contributed by atoms with E-state index < -0.39 is 14.8 Å². The summed E-state index contributed by atoms with van der Waals surface area (Å²) in [5.41, 5.74) is -0.103.